The van der Waals surface area contributed by atoms with Gasteiger partial charge >= 0.3 is 17.1 Å². The average molecular weight is 427 g/mol. The van der Waals surface area contributed by atoms with Crippen LogP contribution in [0.2, 0.25) is 0 Å². The van der Waals surface area contributed by atoms with Crippen LogP contribution < -0.4 is 22.4 Å². The van der Waals surface area contributed by atoms with E-state index in [9.17, 15) is 19.2 Å². The molecule has 0 radical (unpaired) electrons. The summed E-state index contributed by atoms with van der Waals surface area (Å²) in [6, 6.07) is 7.65. The first-order chi connectivity index (χ1) is 14.7. The fourth-order valence-corrected chi connectivity index (χ4v) is 3.32. The summed E-state index contributed by atoms with van der Waals surface area (Å²) in [6.45, 7) is 12.5. The highest BCUT2D eigenvalue weighted by Crippen LogP contribution is 2.15. The second-order valence-electron chi connectivity index (χ2n) is 7.86. The van der Waals surface area contributed by atoms with Crippen molar-refractivity contribution in [3.05, 3.63) is 92.2 Å². The molecule has 0 saturated carbocycles. The van der Waals surface area contributed by atoms with E-state index in [1.807, 2.05) is 31.2 Å². The lowest BCUT2D eigenvalue weighted by Gasteiger charge is -2.16. The van der Waals surface area contributed by atoms with E-state index >= 15 is 0 Å². The maximum Gasteiger partial charge on any atom is 0.337 e. The van der Waals surface area contributed by atoms with Crippen molar-refractivity contribution < 1.29 is 4.79 Å². The third-order valence-corrected chi connectivity index (χ3v) is 4.81. The van der Waals surface area contributed by atoms with E-state index in [-0.39, 0.29) is 19.1 Å². The second-order valence-corrected chi connectivity index (χ2v) is 7.86. The minimum absolute atomic E-state index is 0.0736. The molecular formula is C23H30N4O4. The van der Waals surface area contributed by atoms with Gasteiger partial charge in [-0.3, -0.25) is 4.79 Å². The van der Waals surface area contributed by atoms with Gasteiger partial charge in [0.05, 0.1) is 19.1 Å². The first kappa shape index (κ1) is 23.9. The summed E-state index contributed by atoms with van der Waals surface area (Å²) in [5, 5.41) is 2.80. The lowest BCUT2D eigenvalue weighted by molar-refractivity contribution is -0.122. The molecule has 0 unspecified atom stereocenters. The molecule has 0 bridgehead atoms. The standard InChI is InChI=1S/C23H30N4O4/c1-6-12-25-21(29)26(13-7-2)23(31)27(22(25)30)15-20(28)24-17(5)19-10-8-18(9-11-19)14-16(3)4/h6-11,16-17H,1-2,12-15H2,3-5H3,(H,24,28)/t17-/m1/s1. The lowest BCUT2D eigenvalue weighted by atomic mass is 10.00. The van der Waals surface area contributed by atoms with Gasteiger partial charge in [-0.2, -0.15) is 0 Å². The summed E-state index contributed by atoms with van der Waals surface area (Å²) in [6.07, 6.45) is 3.73. The Hall–Kier alpha value is -3.42. The fraction of sp³-hybridized carbons (Fsp3) is 0.391. The Balaban J connectivity index is 2.25. The summed E-state index contributed by atoms with van der Waals surface area (Å²) in [7, 11) is 0. The molecule has 1 atom stereocenters. The molecule has 2 rings (SSSR count). The number of carbonyl (C=O) groups excluding carboxylic acids is 1. The third-order valence-electron chi connectivity index (χ3n) is 4.81. The zero-order valence-electron chi connectivity index (χ0n) is 18.3. The minimum atomic E-state index is -0.851. The monoisotopic (exact) mass is 426 g/mol. The van der Waals surface area contributed by atoms with Crippen molar-refractivity contribution in [3.63, 3.8) is 0 Å². The van der Waals surface area contributed by atoms with Gasteiger partial charge in [0.2, 0.25) is 5.91 Å². The van der Waals surface area contributed by atoms with Crippen LogP contribution in [0.4, 0.5) is 0 Å². The van der Waals surface area contributed by atoms with E-state index in [0.29, 0.717) is 5.92 Å². The normalized spacial score (nSPS) is 11.9. The molecule has 1 aromatic carbocycles. The van der Waals surface area contributed by atoms with Crippen LogP contribution in [0.1, 0.15) is 37.9 Å². The Labute approximate surface area is 181 Å². The number of allylic oxidation sites excluding steroid dienone is 2. The highest BCUT2D eigenvalue weighted by atomic mass is 16.2. The molecule has 1 aromatic heterocycles. The molecule has 166 valence electrons. The minimum Gasteiger partial charge on any atom is -0.348 e. The second kappa shape index (κ2) is 10.6. The maximum absolute atomic E-state index is 12.6. The Morgan fingerprint density at radius 1 is 0.903 bits per heavy atom. The van der Waals surface area contributed by atoms with Crippen molar-refractivity contribution in [2.75, 3.05) is 0 Å². The number of nitrogens with zero attached hydrogens (tertiary/aromatic N) is 3. The van der Waals surface area contributed by atoms with Gasteiger partial charge in [-0.15, -0.1) is 13.2 Å². The third kappa shape index (κ3) is 5.81. The number of benzene rings is 1. The molecule has 0 fully saturated rings. The summed E-state index contributed by atoms with van der Waals surface area (Å²) >= 11 is 0. The van der Waals surface area contributed by atoms with E-state index in [0.717, 1.165) is 25.7 Å². The Morgan fingerprint density at radius 3 is 1.84 bits per heavy atom. The number of nitrogens with one attached hydrogen (secondary N) is 1. The van der Waals surface area contributed by atoms with Crippen molar-refractivity contribution in [1.82, 2.24) is 19.0 Å². The van der Waals surface area contributed by atoms with E-state index in [4.69, 9.17) is 0 Å². The predicted octanol–water partition coefficient (Wildman–Crippen LogP) is 1.62. The zero-order valence-corrected chi connectivity index (χ0v) is 18.3. The van der Waals surface area contributed by atoms with Crippen LogP contribution in [0.15, 0.2) is 64.0 Å². The number of rotatable bonds is 10. The fourth-order valence-electron chi connectivity index (χ4n) is 3.32. The molecule has 0 aliphatic rings. The molecule has 0 aliphatic heterocycles. The molecule has 0 saturated heterocycles. The molecule has 1 N–H and O–H groups in total. The number of hydrogen-bond acceptors (Lipinski definition) is 4. The predicted molar refractivity (Wildman–Crippen MR) is 121 cm³/mol. The van der Waals surface area contributed by atoms with Crippen LogP contribution in [0.25, 0.3) is 0 Å². The SMILES string of the molecule is C=CCn1c(=O)n(CC=C)c(=O)n(CC(=O)N[C@H](C)c2ccc(CC(C)C)cc2)c1=O. The van der Waals surface area contributed by atoms with Gasteiger partial charge in [0.1, 0.15) is 6.54 Å². The average Bonchev–Trinajstić information content (AvgIpc) is 2.72. The van der Waals surface area contributed by atoms with Gasteiger partial charge in [0, 0.05) is 0 Å². The highest BCUT2D eigenvalue weighted by molar-refractivity contribution is 5.76. The van der Waals surface area contributed by atoms with Crippen LogP contribution >= 0.6 is 0 Å². The first-order valence-electron chi connectivity index (χ1n) is 10.2. The van der Waals surface area contributed by atoms with Crippen molar-refractivity contribution in [1.29, 1.82) is 0 Å². The Morgan fingerprint density at radius 2 is 1.39 bits per heavy atom. The zero-order chi connectivity index (χ0) is 23.1. The summed E-state index contributed by atoms with van der Waals surface area (Å²) in [5.41, 5.74) is -0.335. The van der Waals surface area contributed by atoms with Crippen LogP contribution in [0.5, 0.6) is 0 Å². The largest absolute Gasteiger partial charge is 0.348 e. The van der Waals surface area contributed by atoms with Crippen LogP contribution in [0, 0.1) is 5.92 Å². The summed E-state index contributed by atoms with van der Waals surface area (Å²) in [5.74, 6) is 0.0442. The van der Waals surface area contributed by atoms with Gasteiger partial charge in [0.25, 0.3) is 0 Å². The molecule has 31 heavy (non-hydrogen) atoms. The summed E-state index contributed by atoms with van der Waals surface area (Å²) in [4.78, 5) is 50.3. The number of carbonyl (C=O) groups is 1. The quantitative estimate of drug-likeness (QED) is 0.584. The van der Waals surface area contributed by atoms with Gasteiger partial charge in [0.15, 0.2) is 0 Å². The molecule has 1 heterocycles. The molecule has 0 spiro atoms. The number of amides is 1. The van der Waals surface area contributed by atoms with Crippen molar-refractivity contribution in [2.45, 2.75) is 52.9 Å². The summed E-state index contributed by atoms with van der Waals surface area (Å²) < 4.78 is 2.48. The van der Waals surface area contributed by atoms with Crippen LogP contribution in [-0.4, -0.2) is 19.6 Å². The molecular weight excluding hydrogens is 396 g/mol. The van der Waals surface area contributed by atoms with Crippen LogP contribution in [0.3, 0.4) is 0 Å². The lowest BCUT2D eigenvalue weighted by Crippen LogP contribution is -2.55. The topological polar surface area (TPSA) is 95.1 Å². The van der Waals surface area contributed by atoms with Crippen LogP contribution in [-0.2, 0) is 30.8 Å². The smallest absolute Gasteiger partial charge is 0.337 e. The molecule has 2 aromatic rings. The van der Waals surface area contributed by atoms with E-state index < -0.39 is 29.5 Å². The molecule has 8 heteroatoms. The highest BCUT2D eigenvalue weighted by Gasteiger charge is 2.18. The van der Waals surface area contributed by atoms with E-state index in [1.54, 1.807) is 0 Å². The molecule has 0 aliphatic carbocycles. The molecule has 1 amide bonds. The van der Waals surface area contributed by atoms with E-state index in [1.165, 1.54) is 17.7 Å². The number of hydrogen-bond donors (Lipinski definition) is 1. The van der Waals surface area contributed by atoms with E-state index in [2.05, 4.69) is 32.3 Å². The van der Waals surface area contributed by atoms with Crippen molar-refractivity contribution in [2.24, 2.45) is 5.92 Å². The van der Waals surface area contributed by atoms with Gasteiger partial charge in [-0.05, 0) is 30.4 Å². The van der Waals surface area contributed by atoms with Crippen molar-refractivity contribution >= 4 is 5.91 Å². The van der Waals surface area contributed by atoms with Gasteiger partial charge < -0.3 is 5.32 Å². The van der Waals surface area contributed by atoms with Gasteiger partial charge in [-0.25, -0.2) is 28.1 Å². The number of aromatic nitrogens is 3. The first-order valence-corrected chi connectivity index (χ1v) is 10.2. The Bertz CT molecular complexity index is 1070. The Kier molecular flexibility index (Phi) is 8.13. The van der Waals surface area contributed by atoms with Gasteiger partial charge in [-0.1, -0.05) is 50.3 Å². The maximum atomic E-state index is 12.6. The molecule has 8 nitrogen and oxygen atoms in total. The van der Waals surface area contributed by atoms with Crippen molar-refractivity contribution in [3.8, 4) is 0 Å².